The third-order valence-electron chi connectivity index (χ3n) is 5.84. The molecule has 1 amide bonds. The second-order valence-corrected chi connectivity index (χ2v) is 10.8. The van der Waals surface area contributed by atoms with Gasteiger partial charge in [0.05, 0.1) is 11.5 Å². The molecule has 3 rings (SSSR count). The number of aromatic amines is 1. The van der Waals surface area contributed by atoms with Gasteiger partial charge in [0.1, 0.15) is 9.84 Å². The molecule has 1 atom stereocenters. The summed E-state index contributed by atoms with van der Waals surface area (Å²) in [6, 6.07) is 18.0. The molecule has 9 heteroatoms. The van der Waals surface area contributed by atoms with Gasteiger partial charge in [-0.3, -0.25) is 9.59 Å². The summed E-state index contributed by atoms with van der Waals surface area (Å²) in [7, 11) is -3.16. The highest BCUT2D eigenvalue weighted by Gasteiger charge is 2.22. The van der Waals surface area contributed by atoms with E-state index in [2.05, 4.69) is 15.5 Å². The van der Waals surface area contributed by atoms with Crippen LogP contribution >= 0.6 is 0 Å². The van der Waals surface area contributed by atoms with Gasteiger partial charge in [0.25, 0.3) is 5.91 Å². The van der Waals surface area contributed by atoms with Crippen molar-refractivity contribution in [1.82, 2.24) is 10.3 Å². The Hall–Kier alpha value is -3.72. The minimum Gasteiger partial charge on any atom is -0.411 e. The Kier molecular flexibility index (Phi) is 8.24. The van der Waals surface area contributed by atoms with Crippen LogP contribution in [0.3, 0.4) is 0 Å². The largest absolute Gasteiger partial charge is 0.411 e. The molecule has 1 heterocycles. The predicted octanol–water partition coefficient (Wildman–Crippen LogP) is 3.17. The summed E-state index contributed by atoms with van der Waals surface area (Å²) in [4.78, 5) is 26.8. The van der Waals surface area contributed by atoms with E-state index >= 15 is 0 Å². The number of nitrogens with one attached hydrogen (secondary N) is 2. The number of benzene rings is 2. The molecule has 0 saturated heterocycles. The normalized spacial score (nSPS) is 12.8. The summed E-state index contributed by atoms with van der Waals surface area (Å²) in [5.74, 6) is -0.663. The summed E-state index contributed by atoms with van der Waals surface area (Å²) in [6.45, 7) is 3.80. The van der Waals surface area contributed by atoms with Crippen molar-refractivity contribution in [3.05, 3.63) is 105 Å². The van der Waals surface area contributed by atoms with Gasteiger partial charge in [0.15, 0.2) is 0 Å². The first-order chi connectivity index (χ1) is 16.6. The van der Waals surface area contributed by atoms with Crippen LogP contribution in [-0.2, 0) is 9.84 Å². The fourth-order valence-electron chi connectivity index (χ4n) is 3.99. The lowest BCUT2D eigenvalue weighted by Crippen LogP contribution is -2.28. The highest BCUT2D eigenvalue weighted by molar-refractivity contribution is 7.90. The smallest absolute Gasteiger partial charge is 0.251 e. The van der Waals surface area contributed by atoms with Gasteiger partial charge in [-0.15, -0.1) is 0 Å². The first-order valence-corrected chi connectivity index (χ1v) is 13.2. The first-order valence-electron chi connectivity index (χ1n) is 11.1. The van der Waals surface area contributed by atoms with Crippen LogP contribution in [0.4, 0.5) is 0 Å². The van der Waals surface area contributed by atoms with Crippen LogP contribution in [0.25, 0.3) is 0 Å². The van der Waals surface area contributed by atoms with Crippen LogP contribution in [-0.4, -0.2) is 48.8 Å². The van der Waals surface area contributed by atoms with E-state index in [4.69, 9.17) is 0 Å². The van der Waals surface area contributed by atoms with Gasteiger partial charge in [-0.05, 0) is 48.7 Å². The van der Waals surface area contributed by atoms with Gasteiger partial charge in [0.2, 0.25) is 5.56 Å². The number of aryl methyl sites for hydroxylation is 2. The van der Waals surface area contributed by atoms with Crippen molar-refractivity contribution in [3.8, 4) is 0 Å². The number of oxime groups is 1. The maximum atomic E-state index is 12.4. The van der Waals surface area contributed by atoms with Crippen LogP contribution in [0.5, 0.6) is 0 Å². The summed E-state index contributed by atoms with van der Waals surface area (Å²) < 4.78 is 22.6. The highest BCUT2D eigenvalue weighted by atomic mass is 32.2. The molecule has 1 unspecified atom stereocenters. The van der Waals surface area contributed by atoms with E-state index in [-0.39, 0.29) is 29.7 Å². The molecule has 0 aliphatic heterocycles. The lowest BCUT2D eigenvalue weighted by atomic mass is 9.83. The molecular formula is C26H29N3O5S. The van der Waals surface area contributed by atoms with Gasteiger partial charge in [-0.2, -0.15) is 0 Å². The second-order valence-electron chi connectivity index (χ2n) is 8.53. The topological polar surface area (TPSA) is 129 Å². The van der Waals surface area contributed by atoms with Crippen molar-refractivity contribution >= 4 is 21.5 Å². The van der Waals surface area contributed by atoms with Crippen molar-refractivity contribution in [2.75, 3.05) is 18.6 Å². The predicted molar refractivity (Wildman–Crippen MR) is 136 cm³/mol. The molecule has 184 valence electrons. The minimum absolute atomic E-state index is 0.0418. The van der Waals surface area contributed by atoms with E-state index < -0.39 is 9.84 Å². The van der Waals surface area contributed by atoms with Gasteiger partial charge >= 0.3 is 0 Å². The van der Waals surface area contributed by atoms with E-state index in [1.54, 1.807) is 25.1 Å². The Balaban J connectivity index is 1.91. The fraction of sp³-hybridized carbons (Fsp3) is 0.269. The monoisotopic (exact) mass is 495 g/mol. The highest BCUT2D eigenvalue weighted by Crippen LogP contribution is 2.32. The molecule has 1 aromatic heterocycles. The SMILES string of the molecule is Cc1ccccc1C(C/C(=N\O)c1ccc(=O)[nH]c1C)c1ccc(C(=O)NCCS(C)(=O)=O)cc1. The van der Waals surface area contributed by atoms with E-state index in [1.165, 1.54) is 6.07 Å². The van der Waals surface area contributed by atoms with Crippen molar-refractivity contribution in [2.24, 2.45) is 5.16 Å². The van der Waals surface area contributed by atoms with E-state index in [9.17, 15) is 23.2 Å². The van der Waals surface area contributed by atoms with Crippen molar-refractivity contribution < 1.29 is 18.4 Å². The number of hydrogen-bond acceptors (Lipinski definition) is 6. The summed E-state index contributed by atoms with van der Waals surface area (Å²) >= 11 is 0. The number of carbonyl (C=O) groups is 1. The van der Waals surface area contributed by atoms with Gasteiger partial charge in [-0.1, -0.05) is 41.6 Å². The number of amides is 1. The molecule has 0 saturated carbocycles. The van der Waals surface area contributed by atoms with Crippen LogP contribution < -0.4 is 10.9 Å². The Morgan fingerprint density at radius 1 is 1.06 bits per heavy atom. The molecule has 0 aliphatic carbocycles. The molecule has 3 aromatic rings. The number of rotatable bonds is 9. The van der Waals surface area contributed by atoms with Gasteiger partial charge in [-0.25, -0.2) is 8.42 Å². The molecule has 0 radical (unpaired) electrons. The van der Waals surface area contributed by atoms with E-state index in [0.717, 1.165) is 22.9 Å². The number of carbonyl (C=O) groups excluding carboxylic acids is 1. The molecule has 0 spiro atoms. The molecule has 0 bridgehead atoms. The number of sulfone groups is 1. The molecule has 3 N–H and O–H groups in total. The molecule has 8 nitrogen and oxygen atoms in total. The average Bonchev–Trinajstić information content (AvgIpc) is 2.80. The zero-order valence-electron chi connectivity index (χ0n) is 19.9. The van der Waals surface area contributed by atoms with E-state index in [1.807, 2.05) is 43.3 Å². The van der Waals surface area contributed by atoms with Crippen LogP contribution in [0.15, 0.2) is 70.6 Å². The lowest BCUT2D eigenvalue weighted by Gasteiger charge is -2.21. The standard InChI is InChI=1S/C26H29N3O5S/c1-17-6-4-5-7-21(17)23(16-24(29-32)22-12-13-25(30)28-18(22)2)19-8-10-20(11-9-19)26(31)27-14-15-35(3,33)34/h4-13,23,32H,14-16H2,1-3H3,(H,27,31)(H,28,30)/b29-24+. The van der Waals surface area contributed by atoms with Gasteiger partial charge in [0, 0.05) is 48.0 Å². The Bertz CT molecular complexity index is 1390. The van der Waals surface area contributed by atoms with Gasteiger partial charge < -0.3 is 15.5 Å². The van der Waals surface area contributed by atoms with Crippen molar-refractivity contribution in [3.63, 3.8) is 0 Å². The lowest BCUT2D eigenvalue weighted by molar-refractivity contribution is 0.0956. The van der Waals surface area contributed by atoms with Crippen LogP contribution in [0.1, 0.15) is 50.6 Å². The second kappa shape index (κ2) is 11.1. The fourth-order valence-corrected chi connectivity index (χ4v) is 4.47. The molecule has 0 fully saturated rings. The Morgan fingerprint density at radius 2 is 1.74 bits per heavy atom. The van der Waals surface area contributed by atoms with E-state index in [0.29, 0.717) is 29.0 Å². The third kappa shape index (κ3) is 6.89. The van der Waals surface area contributed by atoms with Crippen molar-refractivity contribution in [1.29, 1.82) is 0 Å². The Labute approximate surface area is 204 Å². The first kappa shape index (κ1) is 25.9. The molecule has 35 heavy (non-hydrogen) atoms. The zero-order valence-corrected chi connectivity index (χ0v) is 20.7. The number of nitrogens with zero attached hydrogens (tertiary/aromatic N) is 1. The summed E-state index contributed by atoms with van der Waals surface area (Å²) in [6.07, 6.45) is 1.48. The molecule has 0 aliphatic rings. The van der Waals surface area contributed by atoms with Crippen molar-refractivity contribution in [2.45, 2.75) is 26.2 Å². The maximum absolute atomic E-state index is 12.4. The number of H-pyrrole nitrogens is 1. The quantitative estimate of drug-likeness (QED) is 0.239. The summed E-state index contributed by atoms with van der Waals surface area (Å²) in [5, 5.41) is 16.0. The number of pyridine rings is 1. The number of hydrogen-bond donors (Lipinski definition) is 3. The molecular weight excluding hydrogens is 466 g/mol. The average molecular weight is 496 g/mol. The maximum Gasteiger partial charge on any atom is 0.251 e. The Morgan fingerprint density at radius 3 is 2.34 bits per heavy atom. The third-order valence-corrected chi connectivity index (χ3v) is 6.79. The van der Waals surface area contributed by atoms with Crippen LogP contribution in [0, 0.1) is 13.8 Å². The zero-order chi connectivity index (χ0) is 25.6. The molecule has 2 aromatic carbocycles. The number of aromatic nitrogens is 1. The van der Waals surface area contributed by atoms with Crippen LogP contribution in [0.2, 0.25) is 0 Å². The minimum atomic E-state index is -3.16. The summed E-state index contributed by atoms with van der Waals surface area (Å²) in [5.41, 5.74) is 4.88.